The van der Waals surface area contributed by atoms with Gasteiger partial charge in [0.05, 0.1) is 6.04 Å². The van der Waals surface area contributed by atoms with Gasteiger partial charge in [-0.15, -0.1) is 22.7 Å². The smallest absolute Gasteiger partial charge is 0.407 e. The molecule has 1 saturated carbocycles. The molecule has 136 valence electrons. The summed E-state index contributed by atoms with van der Waals surface area (Å²) in [6, 6.07) is 8.97. The first-order valence-electron chi connectivity index (χ1n) is 8.72. The Bertz CT molecular complexity index is 624. The maximum absolute atomic E-state index is 12.0. The Morgan fingerprint density at radius 3 is 2.24 bits per heavy atom. The molecular weight excluding hydrogens is 352 g/mol. The van der Waals surface area contributed by atoms with Crippen molar-refractivity contribution in [3.05, 3.63) is 44.8 Å². The van der Waals surface area contributed by atoms with Crippen molar-refractivity contribution in [2.75, 3.05) is 6.54 Å². The largest absolute Gasteiger partial charge is 0.444 e. The molecule has 1 atom stereocenters. The molecular formula is C19H26N2O2S2. The zero-order valence-electron chi connectivity index (χ0n) is 15.0. The lowest BCUT2D eigenvalue weighted by molar-refractivity contribution is 0.0520. The molecule has 6 heteroatoms. The van der Waals surface area contributed by atoms with Crippen molar-refractivity contribution in [2.24, 2.45) is 5.92 Å². The van der Waals surface area contributed by atoms with E-state index in [0.717, 1.165) is 0 Å². The van der Waals surface area contributed by atoms with E-state index in [1.54, 1.807) is 22.7 Å². The first-order chi connectivity index (χ1) is 11.9. The zero-order chi connectivity index (χ0) is 17.9. The minimum Gasteiger partial charge on any atom is -0.444 e. The summed E-state index contributed by atoms with van der Waals surface area (Å²) in [7, 11) is 0. The van der Waals surface area contributed by atoms with Crippen molar-refractivity contribution < 1.29 is 9.53 Å². The Hall–Kier alpha value is -1.37. The summed E-state index contributed by atoms with van der Waals surface area (Å²) in [5, 5.41) is 11.0. The van der Waals surface area contributed by atoms with Crippen LogP contribution in [-0.4, -0.2) is 24.3 Å². The Morgan fingerprint density at radius 1 is 1.20 bits per heavy atom. The SMILES string of the molecule is CC(C)(C)OC(=O)NCC(NC(c1cccs1)c1cccs1)C1CC1. The maximum Gasteiger partial charge on any atom is 0.407 e. The van der Waals surface area contributed by atoms with E-state index in [4.69, 9.17) is 4.74 Å². The van der Waals surface area contributed by atoms with Gasteiger partial charge < -0.3 is 15.4 Å². The quantitative estimate of drug-likeness (QED) is 0.728. The average Bonchev–Trinajstić information content (AvgIpc) is 3.02. The van der Waals surface area contributed by atoms with Crippen LogP contribution in [0, 0.1) is 5.92 Å². The molecule has 2 heterocycles. The fraction of sp³-hybridized carbons (Fsp3) is 0.526. The molecule has 2 aromatic rings. The molecule has 0 saturated heterocycles. The van der Waals surface area contributed by atoms with Crippen LogP contribution >= 0.6 is 22.7 Å². The number of amides is 1. The number of hydrogen-bond acceptors (Lipinski definition) is 5. The number of ether oxygens (including phenoxy) is 1. The summed E-state index contributed by atoms with van der Waals surface area (Å²) in [4.78, 5) is 14.6. The van der Waals surface area contributed by atoms with Crippen LogP contribution in [0.3, 0.4) is 0 Å². The fourth-order valence-electron chi connectivity index (χ4n) is 2.80. The maximum atomic E-state index is 12.0. The number of carbonyl (C=O) groups is 1. The molecule has 0 aliphatic heterocycles. The minimum absolute atomic E-state index is 0.186. The highest BCUT2D eigenvalue weighted by Gasteiger charge is 2.34. The van der Waals surface area contributed by atoms with Gasteiger partial charge in [-0.25, -0.2) is 4.79 Å². The number of carbonyl (C=O) groups excluding carboxylic acids is 1. The lowest BCUT2D eigenvalue weighted by Crippen LogP contribution is -2.45. The van der Waals surface area contributed by atoms with E-state index in [0.29, 0.717) is 12.5 Å². The molecule has 0 radical (unpaired) electrons. The van der Waals surface area contributed by atoms with E-state index in [-0.39, 0.29) is 18.2 Å². The highest BCUT2D eigenvalue weighted by molar-refractivity contribution is 7.11. The summed E-state index contributed by atoms with van der Waals surface area (Å²) < 4.78 is 5.36. The van der Waals surface area contributed by atoms with Crippen molar-refractivity contribution in [3.8, 4) is 0 Å². The lowest BCUT2D eigenvalue weighted by atomic mass is 10.1. The van der Waals surface area contributed by atoms with E-state index in [2.05, 4.69) is 45.7 Å². The van der Waals surface area contributed by atoms with Gasteiger partial charge in [-0.2, -0.15) is 0 Å². The van der Waals surface area contributed by atoms with Crippen molar-refractivity contribution in [1.29, 1.82) is 0 Å². The van der Waals surface area contributed by atoms with Gasteiger partial charge in [-0.3, -0.25) is 0 Å². The predicted molar refractivity (Wildman–Crippen MR) is 104 cm³/mol. The summed E-state index contributed by atoms with van der Waals surface area (Å²) >= 11 is 3.54. The van der Waals surface area contributed by atoms with E-state index in [1.165, 1.54) is 22.6 Å². The third-order valence-corrected chi connectivity index (χ3v) is 5.97. The number of thiophene rings is 2. The molecule has 3 rings (SSSR count). The van der Waals surface area contributed by atoms with Gasteiger partial charge in [0.25, 0.3) is 0 Å². The third kappa shape index (κ3) is 5.56. The molecule has 2 aromatic heterocycles. The van der Waals surface area contributed by atoms with Crippen LogP contribution < -0.4 is 10.6 Å². The Labute approximate surface area is 157 Å². The number of nitrogens with one attached hydrogen (secondary N) is 2. The van der Waals surface area contributed by atoms with Gasteiger partial charge in [0.15, 0.2) is 0 Å². The molecule has 1 aliphatic carbocycles. The Morgan fingerprint density at radius 2 is 1.80 bits per heavy atom. The molecule has 1 unspecified atom stereocenters. The van der Waals surface area contributed by atoms with Crippen LogP contribution in [0.25, 0.3) is 0 Å². The number of hydrogen-bond donors (Lipinski definition) is 2. The zero-order valence-corrected chi connectivity index (χ0v) is 16.6. The van der Waals surface area contributed by atoms with E-state index in [1.807, 2.05) is 20.8 Å². The summed E-state index contributed by atoms with van der Waals surface area (Å²) in [6.07, 6.45) is 2.09. The van der Waals surface area contributed by atoms with Crippen LogP contribution in [0.5, 0.6) is 0 Å². The van der Waals surface area contributed by atoms with Gasteiger partial charge in [0.1, 0.15) is 5.60 Å². The molecule has 1 aliphatic rings. The highest BCUT2D eigenvalue weighted by Crippen LogP contribution is 2.36. The minimum atomic E-state index is -0.469. The molecule has 0 aromatic carbocycles. The van der Waals surface area contributed by atoms with E-state index < -0.39 is 5.60 Å². The fourth-order valence-corrected chi connectivity index (χ4v) is 4.48. The van der Waals surface area contributed by atoms with Crippen LogP contribution in [0.1, 0.15) is 49.4 Å². The van der Waals surface area contributed by atoms with Crippen LogP contribution in [-0.2, 0) is 4.74 Å². The van der Waals surface area contributed by atoms with Gasteiger partial charge in [0, 0.05) is 22.3 Å². The van der Waals surface area contributed by atoms with Gasteiger partial charge >= 0.3 is 6.09 Å². The molecule has 25 heavy (non-hydrogen) atoms. The van der Waals surface area contributed by atoms with Crippen LogP contribution in [0.15, 0.2) is 35.0 Å². The van der Waals surface area contributed by atoms with Gasteiger partial charge in [-0.1, -0.05) is 12.1 Å². The normalized spacial score (nSPS) is 16.0. The van der Waals surface area contributed by atoms with Crippen molar-refractivity contribution in [2.45, 2.75) is 51.3 Å². The summed E-state index contributed by atoms with van der Waals surface area (Å²) in [5.74, 6) is 0.623. The van der Waals surface area contributed by atoms with Crippen LogP contribution in [0.2, 0.25) is 0 Å². The van der Waals surface area contributed by atoms with Crippen molar-refractivity contribution >= 4 is 28.8 Å². The lowest BCUT2D eigenvalue weighted by Gasteiger charge is -2.26. The highest BCUT2D eigenvalue weighted by atomic mass is 32.1. The topological polar surface area (TPSA) is 50.4 Å². The van der Waals surface area contributed by atoms with Gasteiger partial charge in [0.2, 0.25) is 0 Å². The first-order valence-corrected chi connectivity index (χ1v) is 10.5. The van der Waals surface area contributed by atoms with Crippen molar-refractivity contribution in [1.82, 2.24) is 10.6 Å². The molecule has 2 N–H and O–H groups in total. The summed E-state index contributed by atoms with van der Waals surface area (Å²) in [5.41, 5.74) is -0.469. The second kappa shape index (κ2) is 7.89. The first kappa shape index (κ1) is 18.4. The molecule has 0 bridgehead atoms. The predicted octanol–water partition coefficient (Wildman–Crippen LogP) is 4.79. The Balaban J connectivity index is 1.65. The molecule has 1 amide bonds. The third-order valence-electron chi connectivity index (χ3n) is 4.09. The second-order valence-corrected chi connectivity index (χ2v) is 9.42. The second-order valence-electron chi connectivity index (χ2n) is 7.46. The van der Waals surface area contributed by atoms with Crippen molar-refractivity contribution in [3.63, 3.8) is 0 Å². The van der Waals surface area contributed by atoms with Crippen LogP contribution in [0.4, 0.5) is 4.79 Å². The average molecular weight is 379 g/mol. The number of alkyl carbamates (subject to hydrolysis) is 1. The number of rotatable bonds is 7. The molecule has 1 fully saturated rings. The standard InChI is InChI=1S/C19H26N2O2S2/c1-19(2,3)23-18(22)20-12-14(13-8-9-13)21-17(15-6-4-10-24-15)16-7-5-11-25-16/h4-7,10-11,13-14,17,21H,8-9,12H2,1-3H3,(H,20,22). The summed E-state index contributed by atoms with van der Waals surface area (Å²) in [6.45, 7) is 6.24. The van der Waals surface area contributed by atoms with E-state index in [9.17, 15) is 4.79 Å². The molecule has 0 spiro atoms. The van der Waals surface area contributed by atoms with E-state index >= 15 is 0 Å². The Kier molecular flexibility index (Phi) is 5.81. The monoisotopic (exact) mass is 378 g/mol. The molecule has 4 nitrogen and oxygen atoms in total. The van der Waals surface area contributed by atoms with Gasteiger partial charge in [-0.05, 0) is 62.4 Å².